The van der Waals surface area contributed by atoms with Crippen LogP contribution in [0.25, 0.3) is 11.0 Å². The van der Waals surface area contributed by atoms with Crippen molar-refractivity contribution >= 4 is 22.8 Å². The first-order chi connectivity index (χ1) is 18.7. The van der Waals surface area contributed by atoms with Gasteiger partial charge in [-0.3, -0.25) is 4.79 Å². The number of rotatable bonds is 5. The Balaban J connectivity index is 1.41. The lowest BCUT2D eigenvalue weighted by Gasteiger charge is -2.33. The van der Waals surface area contributed by atoms with Gasteiger partial charge in [0.15, 0.2) is 5.65 Å². The molecule has 3 heterocycles. The van der Waals surface area contributed by atoms with E-state index in [0.717, 1.165) is 35.4 Å². The Morgan fingerprint density at radius 1 is 1.23 bits per heavy atom. The number of benzene rings is 1. The van der Waals surface area contributed by atoms with Crippen LogP contribution in [-0.4, -0.2) is 43.6 Å². The van der Waals surface area contributed by atoms with E-state index >= 15 is 0 Å². The third-order valence-corrected chi connectivity index (χ3v) is 6.90. The second-order valence-electron chi connectivity index (χ2n) is 11.1. The zero-order valence-corrected chi connectivity index (χ0v) is 22.5. The predicted molar refractivity (Wildman–Crippen MR) is 149 cm³/mol. The maximum absolute atomic E-state index is 13.2. The van der Waals surface area contributed by atoms with E-state index in [0.29, 0.717) is 31.0 Å². The molecule has 0 bridgehead atoms. The van der Waals surface area contributed by atoms with E-state index in [1.54, 1.807) is 11.0 Å². The molecule has 1 aliphatic heterocycles. The molecule has 2 aromatic heterocycles. The number of anilines is 1. The summed E-state index contributed by atoms with van der Waals surface area (Å²) in [7, 11) is 0. The Labute approximate surface area is 228 Å². The SMILES string of the molecule is CC(C)(C)/C=C(\C#N)C(=O)N1CCC[C@@H](n2nc(C3C=CC(Oc4ccccc4)=CC3)c3c(N)ncnc32)C1. The van der Waals surface area contributed by atoms with Gasteiger partial charge in [-0.2, -0.15) is 10.4 Å². The molecular weight excluding hydrogens is 490 g/mol. The summed E-state index contributed by atoms with van der Waals surface area (Å²) in [6, 6.07) is 11.7. The quantitative estimate of drug-likeness (QED) is 0.366. The molecule has 1 unspecified atom stereocenters. The molecule has 5 rings (SSSR count). The second kappa shape index (κ2) is 10.7. The van der Waals surface area contributed by atoms with Crippen molar-refractivity contribution in [3.8, 4) is 11.8 Å². The molecule has 1 aromatic carbocycles. The van der Waals surface area contributed by atoms with Gasteiger partial charge in [0.25, 0.3) is 5.91 Å². The molecule has 39 heavy (non-hydrogen) atoms. The van der Waals surface area contributed by atoms with Gasteiger partial charge in [-0.25, -0.2) is 14.6 Å². The van der Waals surface area contributed by atoms with Crippen molar-refractivity contribution in [1.29, 1.82) is 5.26 Å². The molecule has 0 radical (unpaired) electrons. The number of para-hydroxylation sites is 1. The van der Waals surface area contributed by atoms with E-state index in [4.69, 9.17) is 15.6 Å². The van der Waals surface area contributed by atoms with E-state index in [1.807, 2.05) is 61.9 Å². The normalized spacial score (nSPS) is 20.0. The number of fused-ring (bicyclic) bond motifs is 1. The van der Waals surface area contributed by atoms with Crippen molar-refractivity contribution in [2.24, 2.45) is 5.41 Å². The number of ether oxygens (including phenoxy) is 1. The fourth-order valence-electron chi connectivity index (χ4n) is 5.12. The highest BCUT2D eigenvalue weighted by Gasteiger charge is 2.31. The summed E-state index contributed by atoms with van der Waals surface area (Å²) in [5.41, 5.74) is 7.72. The Morgan fingerprint density at radius 2 is 2.03 bits per heavy atom. The fraction of sp³-hybridized carbons (Fsp3) is 0.367. The predicted octanol–water partition coefficient (Wildman–Crippen LogP) is 5.07. The summed E-state index contributed by atoms with van der Waals surface area (Å²) < 4.78 is 7.88. The molecule has 2 atom stereocenters. The number of carbonyl (C=O) groups is 1. The molecule has 0 spiro atoms. The van der Waals surface area contributed by atoms with Gasteiger partial charge in [-0.05, 0) is 49.0 Å². The monoisotopic (exact) mass is 523 g/mol. The summed E-state index contributed by atoms with van der Waals surface area (Å²) in [5, 5.41) is 15.4. The number of carbonyl (C=O) groups excluding carboxylic acids is 1. The molecule has 2 aliphatic rings. The van der Waals surface area contributed by atoms with Crippen LogP contribution in [0.5, 0.6) is 5.75 Å². The van der Waals surface area contributed by atoms with Gasteiger partial charge in [-0.15, -0.1) is 0 Å². The molecule has 1 aliphatic carbocycles. The highest BCUT2D eigenvalue weighted by molar-refractivity contribution is 5.97. The summed E-state index contributed by atoms with van der Waals surface area (Å²) in [4.78, 5) is 23.8. The number of allylic oxidation sites excluding steroid dienone is 4. The number of aromatic nitrogens is 4. The van der Waals surface area contributed by atoms with Crippen LogP contribution in [0.4, 0.5) is 5.82 Å². The van der Waals surface area contributed by atoms with E-state index in [1.165, 1.54) is 6.33 Å². The van der Waals surface area contributed by atoms with Gasteiger partial charge < -0.3 is 15.4 Å². The minimum absolute atomic E-state index is 0.0218. The lowest BCUT2D eigenvalue weighted by atomic mass is 9.93. The summed E-state index contributed by atoms with van der Waals surface area (Å²) in [5.74, 6) is 1.69. The first-order valence-electron chi connectivity index (χ1n) is 13.3. The number of nitrogens with zero attached hydrogens (tertiary/aromatic N) is 6. The highest BCUT2D eigenvalue weighted by Crippen LogP contribution is 2.36. The lowest BCUT2D eigenvalue weighted by Crippen LogP contribution is -2.41. The molecule has 2 N–H and O–H groups in total. The van der Waals surface area contributed by atoms with E-state index in [9.17, 15) is 10.1 Å². The number of hydrogen-bond acceptors (Lipinski definition) is 7. The van der Waals surface area contributed by atoms with Crippen molar-refractivity contribution in [3.05, 3.63) is 78.0 Å². The van der Waals surface area contributed by atoms with Crippen LogP contribution in [0.2, 0.25) is 0 Å². The molecule has 1 fully saturated rings. The molecule has 3 aromatic rings. The minimum atomic E-state index is -0.272. The van der Waals surface area contributed by atoms with Gasteiger partial charge in [-0.1, -0.05) is 51.1 Å². The zero-order valence-electron chi connectivity index (χ0n) is 22.5. The Morgan fingerprint density at radius 3 is 2.72 bits per heavy atom. The maximum Gasteiger partial charge on any atom is 0.264 e. The summed E-state index contributed by atoms with van der Waals surface area (Å²) >= 11 is 0. The van der Waals surface area contributed by atoms with Gasteiger partial charge in [0.2, 0.25) is 0 Å². The third-order valence-electron chi connectivity index (χ3n) is 6.90. The van der Waals surface area contributed by atoms with Gasteiger partial charge in [0.1, 0.15) is 35.3 Å². The average molecular weight is 524 g/mol. The second-order valence-corrected chi connectivity index (χ2v) is 11.1. The molecular formula is C30H33N7O2. The van der Waals surface area contributed by atoms with Crippen molar-refractivity contribution in [2.75, 3.05) is 18.8 Å². The van der Waals surface area contributed by atoms with E-state index < -0.39 is 0 Å². The third kappa shape index (κ3) is 5.70. The van der Waals surface area contributed by atoms with Crippen molar-refractivity contribution < 1.29 is 9.53 Å². The first kappa shape index (κ1) is 26.2. The molecule has 0 saturated carbocycles. The van der Waals surface area contributed by atoms with Crippen LogP contribution < -0.4 is 10.5 Å². The Kier molecular flexibility index (Phi) is 7.20. The van der Waals surface area contributed by atoms with E-state index in [-0.39, 0.29) is 28.9 Å². The van der Waals surface area contributed by atoms with Crippen LogP contribution in [0.1, 0.15) is 57.7 Å². The van der Waals surface area contributed by atoms with Gasteiger partial charge >= 0.3 is 0 Å². The summed E-state index contributed by atoms with van der Waals surface area (Å²) in [6.45, 7) is 6.97. The van der Waals surface area contributed by atoms with Crippen molar-refractivity contribution in [3.63, 3.8) is 0 Å². The first-order valence-corrected chi connectivity index (χ1v) is 13.3. The van der Waals surface area contributed by atoms with Crippen LogP contribution in [-0.2, 0) is 4.79 Å². The van der Waals surface area contributed by atoms with Crippen molar-refractivity contribution in [1.82, 2.24) is 24.6 Å². The average Bonchev–Trinajstić information content (AvgIpc) is 3.33. The minimum Gasteiger partial charge on any atom is -0.458 e. The zero-order chi connectivity index (χ0) is 27.6. The van der Waals surface area contributed by atoms with E-state index in [2.05, 4.69) is 28.2 Å². The maximum atomic E-state index is 13.2. The number of amides is 1. The standard InChI is InChI=1S/C30H33N7O2/c1-30(2,3)16-21(17-31)29(38)36-15-7-8-22(18-36)37-28-25(27(32)33-19-34-28)26(35-37)20-11-13-24(14-12-20)39-23-9-5-4-6-10-23/h4-6,9-11,13-14,16,19-20,22H,7-8,12,15,18H2,1-3H3,(H2,32,33,34)/b21-16+/t20?,22-/m1/s1. The number of piperidine rings is 1. The molecule has 1 saturated heterocycles. The molecule has 200 valence electrons. The topological polar surface area (TPSA) is 123 Å². The number of nitriles is 1. The lowest BCUT2D eigenvalue weighted by molar-refractivity contribution is -0.128. The Hall–Kier alpha value is -4.45. The number of hydrogen-bond donors (Lipinski definition) is 1. The molecule has 1 amide bonds. The molecule has 9 heteroatoms. The largest absolute Gasteiger partial charge is 0.458 e. The van der Waals surface area contributed by atoms with Crippen LogP contribution in [0.3, 0.4) is 0 Å². The van der Waals surface area contributed by atoms with Crippen LogP contribution >= 0.6 is 0 Å². The Bertz CT molecular complexity index is 1510. The molecule has 9 nitrogen and oxygen atoms in total. The smallest absolute Gasteiger partial charge is 0.264 e. The van der Waals surface area contributed by atoms with Crippen LogP contribution in [0, 0.1) is 16.7 Å². The fourth-order valence-corrected chi connectivity index (χ4v) is 5.12. The number of nitrogen functional groups attached to an aromatic ring is 1. The van der Waals surface area contributed by atoms with Crippen molar-refractivity contribution in [2.45, 2.75) is 52.0 Å². The van der Waals surface area contributed by atoms with Gasteiger partial charge in [0.05, 0.1) is 17.1 Å². The number of nitrogens with two attached hydrogens (primary N) is 1. The van der Waals surface area contributed by atoms with Crippen LogP contribution in [0.15, 0.2) is 72.3 Å². The summed E-state index contributed by atoms with van der Waals surface area (Å²) in [6.07, 6.45) is 11.6. The highest BCUT2D eigenvalue weighted by atomic mass is 16.5. The van der Waals surface area contributed by atoms with Gasteiger partial charge in [0, 0.05) is 19.0 Å². The number of likely N-dealkylation sites (tertiary alicyclic amines) is 1.